The number of anilines is 2. The van der Waals surface area contributed by atoms with Crippen LogP contribution in [0.4, 0.5) is 34.1 Å². The lowest BCUT2D eigenvalue weighted by Crippen LogP contribution is -2.49. The first kappa shape index (κ1) is 33.5. The van der Waals surface area contributed by atoms with Crippen molar-refractivity contribution in [2.45, 2.75) is 43.6 Å². The summed E-state index contributed by atoms with van der Waals surface area (Å²) in [7, 11) is 0. The van der Waals surface area contributed by atoms with Crippen LogP contribution in [0.1, 0.15) is 17.5 Å². The Morgan fingerprint density at radius 3 is 2.43 bits per heavy atom. The highest BCUT2D eigenvalue weighted by atomic mass is 19.1. The predicted octanol–water partition coefficient (Wildman–Crippen LogP) is 3.29. The van der Waals surface area contributed by atoms with Gasteiger partial charge in [-0.1, -0.05) is 12.1 Å². The molecule has 0 spiro atoms. The Balaban J connectivity index is 1.12. The first-order chi connectivity index (χ1) is 22.7. The van der Waals surface area contributed by atoms with Crippen LogP contribution >= 0.6 is 0 Å². The van der Waals surface area contributed by atoms with Gasteiger partial charge in [0.2, 0.25) is 5.91 Å². The summed E-state index contributed by atoms with van der Waals surface area (Å²) in [4.78, 5) is 40.5. The molecule has 2 aliphatic heterocycles. The highest BCUT2D eigenvalue weighted by molar-refractivity contribution is 5.97. The van der Waals surface area contributed by atoms with Gasteiger partial charge in [0.05, 0.1) is 49.9 Å². The summed E-state index contributed by atoms with van der Waals surface area (Å²) < 4.78 is 58.0. The second kappa shape index (κ2) is 16.1. The largest absolute Gasteiger partial charge is 0.448 e. The van der Waals surface area contributed by atoms with Gasteiger partial charge in [-0.25, -0.2) is 22.8 Å². The quantitative estimate of drug-likeness (QED) is 0.187. The lowest BCUT2D eigenvalue weighted by Gasteiger charge is -2.30. The Hall–Kier alpha value is -4.89. The number of cyclic esters (lactones) is 1. The molecule has 0 radical (unpaired) electrons. The highest BCUT2D eigenvalue weighted by Gasteiger charge is 2.26. The summed E-state index contributed by atoms with van der Waals surface area (Å²) in [5.74, 6) is -1.92. The minimum Gasteiger partial charge on any atom is -0.448 e. The number of hydrogen-bond donors (Lipinski definition) is 5. The number of amides is 3. The van der Waals surface area contributed by atoms with Gasteiger partial charge in [-0.2, -0.15) is 0 Å². The number of pyridine rings is 1. The van der Waals surface area contributed by atoms with Crippen molar-refractivity contribution < 1.29 is 41.8 Å². The van der Waals surface area contributed by atoms with Crippen molar-refractivity contribution in [3.05, 3.63) is 89.5 Å². The van der Waals surface area contributed by atoms with Crippen LogP contribution in [0.15, 0.2) is 60.9 Å². The Labute approximate surface area is 268 Å². The maximum atomic E-state index is 15.0. The molecule has 0 saturated carbocycles. The average molecular weight is 657 g/mol. The van der Waals surface area contributed by atoms with Crippen LogP contribution in [0.3, 0.4) is 0 Å². The maximum absolute atomic E-state index is 15.0. The van der Waals surface area contributed by atoms with Crippen molar-refractivity contribution in [1.29, 1.82) is 0 Å². The Bertz CT molecular complexity index is 1480. The molecule has 0 aliphatic carbocycles. The van der Waals surface area contributed by atoms with Crippen molar-refractivity contribution >= 4 is 29.5 Å². The summed E-state index contributed by atoms with van der Waals surface area (Å²) >= 11 is 0. The Morgan fingerprint density at radius 1 is 1.00 bits per heavy atom. The van der Waals surface area contributed by atoms with Crippen LogP contribution in [0, 0.1) is 17.5 Å². The fourth-order valence-electron chi connectivity index (χ4n) is 5.09. The van der Waals surface area contributed by atoms with Gasteiger partial charge in [-0.3, -0.25) is 9.78 Å². The number of carbonyl (C=O) groups is 3. The molecule has 5 rings (SSSR count). The molecular formula is C32H35F3N6O6. The van der Waals surface area contributed by atoms with Gasteiger partial charge in [0, 0.05) is 24.2 Å². The molecule has 3 heterocycles. The molecule has 47 heavy (non-hydrogen) atoms. The van der Waals surface area contributed by atoms with E-state index in [1.807, 2.05) is 0 Å². The van der Waals surface area contributed by atoms with Gasteiger partial charge < -0.3 is 40.8 Å². The number of aromatic nitrogens is 1. The zero-order valence-electron chi connectivity index (χ0n) is 25.3. The van der Waals surface area contributed by atoms with E-state index in [2.05, 4.69) is 31.6 Å². The van der Waals surface area contributed by atoms with Crippen molar-refractivity contribution in [2.75, 3.05) is 43.5 Å². The third-order valence-corrected chi connectivity index (χ3v) is 7.64. The molecule has 2 fully saturated rings. The minimum absolute atomic E-state index is 0.0570. The van der Waals surface area contributed by atoms with Gasteiger partial charge in [0.15, 0.2) is 0 Å². The second-order valence-electron chi connectivity index (χ2n) is 11.2. The van der Waals surface area contributed by atoms with Gasteiger partial charge in [0.1, 0.15) is 36.2 Å². The van der Waals surface area contributed by atoms with E-state index in [4.69, 9.17) is 14.2 Å². The van der Waals surface area contributed by atoms with Crippen LogP contribution in [0.25, 0.3) is 0 Å². The van der Waals surface area contributed by atoms with Crippen molar-refractivity contribution in [1.82, 2.24) is 20.9 Å². The average Bonchev–Trinajstić information content (AvgIpc) is 3.49. The monoisotopic (exact) mass is 656 g/mol. The third kappa shape index (κ3) is 10.0. The van der Waals surface area contributed by atoms with E-state index in [0.717, 1.165) is 6.20 Å². The van der Waals surface area contributed by atoms with E-state index in [9.17, 15) is 23.2 Å². The molecule has 3 amide bonds. The summed E-state index contributed by atoms with van der Waals surface area (Å²) in [5, 5.41) is 14.1. The lowest BCUT2D eigenvalue weighted by molar-refractivity contribution is -0.116. The molecule has 2 saturated heterocycles. The minimum atomic E-state index is -0.869. The van der Waals surface area contributed by atoms with Gasteiger partial charge in [0.25, 0.3) is 0 Å². The predicted molar refractivity (Wildman–Crippen MR) is 164 cm³/mol. The van der Waals surface area contributed by atoms with E-state index in [-0.39, 0.29) is 56.0 Å². The number of halogens is 3. The number of morpholine rings is 1. The number of rotatable bonds is 13. The second-order valence-corrected chi connectivity index (χ2v) is 11.2. The molecule has 1 unspecified atom stereocenters. The van der Waals surface area contributed by atoms with E-state index in [1.54, 1.807) is 12.1 Å². The fraction of sp³-hybridized carbons (Fsp3) is 0.375. The first-order valence-electron chi connectivity index (χ1n) is 15.1. The molecule has 2 aromatic carbocycles. The topological polar surface area (TPSA) is 152 Å². The lowest BCUT2D eigenvalue weighted by atomic mass is 10.0. The number of nitrogens with zero attached hydrogens (tertiary/aromatic N) is 1. The summed E-state index contributed by atoms with van der Waals surface area (Å²) in [6.45, 7) is 1.17. The SMILES string of the molecule is O=C(NCC1CNC(=O)O1)OC[C@@H]1CO[C@H](CCc2c(F)cncc2NC(=O)[C@H](Cc2ccc(F)cc2)Nc2ccc(F)cc2)CN1. The van der Waals surface area contributed by atoms with Crippen molar-refractivity contribution in [3.8, 4) is 0 Å². The van der Waals surface area contributed by atoms with Crippen molar-refractivity contribution in [3.63, 3.8) is 0 Å². The van der Waals surface area contributed by atoms with Crippen LogP contribution in [-0.4, -0.2) is 80.2 Å². The number of carbonyl (C=O) groups excluding carboxylic acids is 3. The molecule has 0 bridgehead atoms. The molecule has 1 aromatic heterocycles. The number of nitrogens with one attached hydrogen (secondary N) is 5. The highest BCUT2D eigenvalue weighted by Crippen LogP contribution is 2.23. The van der Waals surface area contributed by atoms with E-state index >= 15 is 4.39 Å². The molecular weight excluding hydrogens is 621 g/mol. The molecule has 12 nitrogen and oxygen atoms in total. The molecule has 15 heteroatoms. The molecule has 2 aliphatic rings. The van der Waals surface area contributed by atoms with Gasteiger partial charge in [-0.15, -0.1) is 0 Å². The van der Waals surface area contributed by atoms with E-state index < -0.39 is 47.7 Å². The van der Waals surface area contributed by atoms with E-state index in [1.165, 1.54) is 42.6 Å². The van der Waals surface area contributed by atoms with Crippen LogP contribution < -0.4 is 26.6 Å². The first-order valence-corrected chi connectivity index (χ1v) is 15.1. The maximum Gasteiger partial charge on any atom is 0.407 e. The smallest absolute Gasteiger partial charge is 0.407 e. The normalized spacial score (nSPS) is 19.6. The third-order valence-electron chi connectivity index (χ3n) is 7.64. The molecule has 5 N–H and O–H groups in total. The van der Waals surface area contributed by atoms with E-state index in [0.29, 0.717) is 30.8 Å². The number of benzene rings is 2. The summed E-state index contributed by atoms with van der Waals surface area (Å²) in [5.41, 5.74) is 1.62. The molecule has 250 valence electrons. The Kier molecular flexibility index (Phi) is 11.5. The molecule has 4 atom stereocenters. The summed E-state index contributed by atoms with van der Waals surface area (Å²) in [6, 6.07) is 10.1. The number of ether oxygens (including phenoxy) is 3. The van der Waals surface area contributed by atoms with Gasteiger partial charge in [-0.05, 0) is 54.8 Å². The van der Waals surface area contributed by atoms with Gasteiger partial charge >= 0.3 is 12.2 Å². The standard InChI is InChI=1S/C32H35F3N6O6/c33-20-3-1-19(2-4-20)11-28(40-22-7-5-21(34)6-8-22)30(42)41-29-16-36-15-27(35)26(29)10-9-24-12-37-23(17-45-24)18-46-31(43)38-13-25-14-39-32(44)47-25/h1-8,15-16,23-25,28,37,40H,9-14,17-18H2,(H,38,43)(H,39,44)(H,41,42)/t23-,24+,25?,28-/m0/s1. The zero-order chi connectivity index (χ0) is 33.2. The number of hydrogen-bond acceptors (Lipinski definition) is 9. The van der Waals surface area contributed by atoms with Crippen LogP contribution in [-0.2, 0) is 31.8 Å². The Morgan fingerprint density at radius 2 is 1.74 bits per heavy atom. The summed E-state index contributed by atoms with van der Waals surface area (Å²) in [6.07, 6.45) is 1.37. The van der Waals surface area contributed by atoms with Crippen LogP contribution in [0.5, 0.6) is 0 Å². The zero-order valence-corrected chi connectivity index (χ0v) is 25.3. The fourth-order valence-corrected chi connectivity index (χ4v) is 5.09. The van der Waals surface area contributed by atoms with Crippen LogP contribution in [0.2, 0.25) is 0 Å². The molecule has 3 aromatic rings. The number of alkyl carbamates (subject to hydrolysis) is 2. The van der Waals surface area contributed by atoms with Crippen molar-refractivity contribution in [2.24, 2.45) is 0 Å².